The normalized spacial score (nSPS) is 17.5. The van der Waals surface area contributed by atoms with Crippen LogP contribution in [0.1, 0.15) is 35.1 Å². The highest BCUT2D eigenvalue weighted by atomic mass is 35.5. The number of anilines is 1. The summed E-state index contributed by atoms with van der Waals surface area (Å²) in [6.07, 6.45) is 3.84. The first kappa shape index (κ1) is 22.6. The largest absolute Gasteiger partial charge is 0.357 e. The van der Waals surface area contributed by atoms with Gasteiger partial charge in [-0.3, -0.25) is 19.1 Å². The van der Waals surface area contributed by atoms with E-state index in [1.165, 1.54) is 21.2 Å². The summed E-state index contributed by atoms with van der Waals surface area (Å²) in [4.78, 5) is 30.2. The number of amides is 1. The van der Waals surface area contributed by atoms with Gasteiger partial charge in [-0.25, -0.2) is 0 Å². The second-order valence-electron chi connectivity index (χ2n) is 7.77. The molecule has 1 aromatic heterocycles. The molecular weight excluding hydrogens is 464 g/mol. The molecule has 1 amide bonds. The molecule has 0 radical (unpaired) electrons. The topological polar surface area (TPSA) is 69.3 Å². The molecular formula is C23H21ClN4O2S2. The Morgan fingerprint density at radius 2 is 1.94 bits per heavy atom. The number of thiocarbonyl (C=S) groups is 1. The van der Waals surface area contributed by atoms with Gasteiger partial charge < -0.3 is 4.90 Å². The van der Waals surface area contributed by atoms with E-state index in [1.807, 2.05) is 24.3 Å². The fourth-order valence-electron chi connectivity index (χ4n) is 4.09. The van der Waals surface area contributed by atoms with Crippen molar-refractivity contribution in [2.75, 3.05) is 18.0 Å². The first-order chi connectivity index (χ1) is 15.3. The molecule has 0 bridgehead atoms. The number of nitrogens with zero attached hydrogens (tertiary/aromatic N) is 4. The van der Waals surface area contributed by atoms with Crippen molar-refractivity contribution in [3.05, 3.63) is 66.8 Å². The first-order valence-corrected chi connectivity index (χ1v) is 11.8. The van der Waals surface area contributed by atoms with Crippen molar-refractivity contribution in [1.29, 1.82) is 5.26 Å². The van der Waals surface area contributed by atoms with Gasteiger partial charge in [-0.1, -0.05) is 53.8 Å². The summed E-state index contributed by atoms with van der Waals surface area (Å²) in [5.41, 5.74) is 1.87. The number of thioether (sulfide) groups is 1. The molecule has 2 aliphatic rings. The Morgan fingerprint density at radius 3 is 2.59 bits per heavy atom. The number of aromatic nitrogens is 1. The van der Waals surface area contributed by atoms with Crippen LogP contribution in [0.25, 0.3) is 6.08 Å². The molecule has 2 saturated heterocycles. The lowest BCUT2D eigenvalue weighted by Gasteiger charge is -2.25. The van der Waals surface area contributed by atoms with E-state index < -0.39 is 0 Å². The van der Waals surface area contributed by atoms with Gasteiger partial charge in [0.05, 0.1) is 11.4 Å². The Morgan fingerprint density at radius 1 is 1.25 bits per heavy atom. The second kappa shape index (κ2) is 9.10. The molecule has 1 aromatic carbocycles. The highest BCUT2D eigenvalue weighted by Crippen LogP contribution is 2.37. The zero-order chi connectivity index (χ0) is 23.0. The van der Waals surface area contributed by atoms with E-state index in [2.05, 4.69) is 4.90 Å². The van der Waals surface area contributed by atoms with Crippen molar-refractivity contribution < 1.29 is 4.79 Å². The van der Waals surface area contributed by atoms with Crippen LogP contribution in [0.5, 0.6) is 0 Å². The minimum absolute atomic E-state index is 0.0910. The number of carbonyl (C=O) groups excluding carboxylic acids is 1. The number of carbonyl (C=O) groups is 1. The third kappa shape index (κ3) is 3.96. The van der Waals surface area contributed by atoms with E-state index in [1.54, 1.807) is 26.1 Å². The lowest BCUT2D eigenvalue weighted by Crippen LogP contribution is -2.31. The zero-order valence-electron chi connectivity index (χ0n) is 17.7. The summed E-state index contributed by atoms with van der Waals surface area (Å²) in [5, 5.41) is 10.2. The number of rotatable bonds is 4. The van der Waals surface area contributed by atoms with E-state index in [0.29, 0.717) is 25.4 Å². The minimum atomic E-state index is -0.324. The Hall–Kier alpha value is -2.60. The molecule has 0 unspecified atom stereocenters. The first-order valence-electron chi connectivity index (χ1n) is 10.2. The molecule has 0 spiro atoms. The number of hydrogen-bond acceptors (Lipinski definition) is 6. The molecule has 0 saturated carbocycles. The predicted octanol–water partition coefficient (Wildman–Crippen LogP) is 4.22. The van der Waals surface area contributed by atoms with E-state index >= 15 is 0 Å². The van der Waals surface area contributed by atoms with Gasteiger partial charge in [0.25, 0.3) is 11.5 Å². The zero-order valence-corrected chi connectivity index (χ0v) is 20.1. The van der Waals surface area contributed by atoms with Crippen LogP contribution in [0, 0.1) is 18.3 Å². The summed E-state index contributed by atoms with van der Waals surface area (Å²) < 4.78 is 1.97. The molecule has 164 valence electrons. The van der Waals surface area contributed by atoms with Gasteiger partial charge in [-0.2, -0.15) is 5.26 Å². The second-order valence-corrected chi connectivity index (χ2v) is 9.85. The van der Waals surface area contributed by atoms with Crippen molar-refractivity contribution >= 4 is 57.7 Å². The summed E-state index contributed by atoms with van der Waals surface area (Å²) in [7, 11) is 1.68. The van der Waals surface area contributed by atoms with Crippen LogP contribution in [-0.2, 0) is 18.4 Å². The quantitative estimate of drug-likeness (QED) is 0.478. The van der Waals surface area contributed by atoms with Gasteiger partial charge in [0.15, 0.2) is 0 Å². The molecule has 0 N–H and O–H groups in total. The van der Waals surface area contributed by atoms with Crippen LogP contribution >= 0.6 is 35.6 Å². The fraction of sp³-hybridized carbons (Fsp3) is 0.304. The van der Waals surface area contributed by atoms with Crippen LogP contribution in [0.15, 0.2) is 34.0 Å². The maximum atomic E-state index is 13.2. The molecule has 2 aliphatic heterocycles. The SMILES string of the molecule is Cc1c(C=C2SC(=S)N(Cc3ccccc3Cl)C2=O)c(N2CCCC2)n(C)c(=O)c1C#N. The highest BCUT2D eigenvalue weighted by molar-refractivity contribution is 8.26. The Kier molecular flexibility index (Phi) is 6.42. The van der Waals surface area contributed by atoms with E-state index in [-0.39, 0.29) is 23.6 Å². The van der Waals surface area contributed by atoms with Gasteiger partial charge in [0.2, 0.25) is 0 Å². The third-order valence-electron chi connectivity index (χ3n) is 5.81. The number of halogens is 1. The average molecular weight is 485 g/mol. The van der Waals surface area contributed by atoms with Gasteiger partial charge in [-0.05, 0) is 43.0 Å². The molecule has 2 fully saturated rings. The molecule has 3 heterocycles. The Bertz CT molecular complexity index is 1260. The molecule has 9 heteroatoms. The number of nitriles is 1. The lowest BCUT2D eigenvalue weighted by molar-refractivity contribution is -0.122. The third-order valence-corrected chi connectivity index (χ3v) is 7.56. The number of benzene rings is 1. The van der Waals surface area contributed by atoms with Crippen LogP contribution < -0.4 is 10.5 Å². The average Bonchev–Trinajstić information content (AvgIpc) is 3.38. The van der Waals surface area contributed by atoms with Crippen LogP contribution in [-0.4, -0.2) is 32.8 Å². The Labute approximate surface area is 201 Å². The van der Waals surface area contributed by atoms with Crippen molar-refractivity contribution in [1.82, 2.24) is 9.47 Å². The van der Waals surface area contributed by atoms with Crippen molar-refractivity contribution in [3.63, 3.8) is 0 Å². The Balaban J connectivity index is 1.78. The molecule has 0 aliphatic carbocycles. The summed E-state index contributed by atoms with van der Waals surface area (Å²) in [6, 6.07) is 9.39. The van der Waals surface area contributed by atoms with Crippen molar-refractivity contribution in [2.45, 2.75) is 26.3 Å². The fourth-order valence-corrected chi connectivity index (χ4v) is 5.52. The monoisotopic (exact) mass is 484 g/mol. The number of hydrogen-bond donors (Lipinski definition) is 0. The minimum Gasteiger partial charge on any atom is -0.357 e. The summed E-state index contributed by atoms with van der Waals surface area (Å²) >= 11 is 13.0. The van der Waals surface area contributed by atoms with Crippen LogP contribution in [0.3, 0.4) is 0 Å². The van der Waals surface area contributed by atoms with Crippen molar-refractivity contribution in [3.8, 4) is 6.07 Å². The lowest BCUT2D eigenvalue weighted by atomic mass is 10.0. The van der Waals surface area contributed by atoms with E-state index in [4.69, 9.17) is 23.8 Å². The maximum absolute atomic E-state index is 13.2. The maximum Gasteiger partial charge on any atom is 0.270 e. The highest BCUT2D eigenvalue weighted by Gasteiger charge is 2.33. The standard InChI is InChI=1S/C23H21ClN4O2S2/c1-14-16(20(27-9-5-6-10-27)26(2)21(29)17(14)12-25)11-19-22(30)28(23(31)32-19)13-15-7-3-4-8-18(15)24/h3-4,7-8,11H,5-6,9-10,13H2,1-2H3. The van der Waals surface area contributed by atoms with E-state index in [9.17, 15) is 14.9 Å². The molecule has 2 aromatic rings. The van der Waals surface area contributed by atoms with Gasteiger partial charge in [0.1, 0.15) is 21.8 Å². The van der Waals surface area contributed by atoms with E-state index in [0.717, 1.165) is 37.3 Å². The molecule has 6 nitrogen and oxygen atoms in total. The van der Waals surface area contributed by atoms with Gasteiger partial charge >= 0.3 is 0 Å². The molecule has 4 rings (SSSR count). The van der Waals surface area contributed by atoms with Crippen LogP contribution in [0.4, 0.5) is 5.82 Å². The van der Waals surface area contributed by atoms with Crippen molar-refractivity contribution in [2.24, 2.45) is 7.05 Å². The van der Waals surface area contributed by atoms with Gasteiger partial charge in [-0.15, -0.1) is 0 Å². The summed E-state index contributed by atoms with van der Waals surface area (Å²) in [5.74, 6) is 0.527. The summed E-state index contributed by atoms with van der Waals surface area (Å²) in [6.45, 7) is 3.70. The van der Waals surface area contributed by atoms with Gasteiger partial charge in [0, 0.05) is 30.7 Å². The molecule has 32 heavy (non-hydrogen) atoms. The van der Waals surface area contributed by atoms with Crippen LogP contribution in [0.2, 0.25) is 5.02 Å². The smallest absolute Gasteiger partial charge is 0.270 e. The number of pyridine rings is 1. The predicted molar refractivity (Wildman–Crippen MR) is 133 cm³/mol. The molecule has 0 atom stereocenters.